The Morgan fingerprint density at radius 2 is 2.00 bits per heavy atom. The van der Waals surface area contributed by atoms with Crippen LogP contribution in [0.4, 0.5) is 4.39 Å². The summed E-state index contributed by atoms with van der Waals surface area (Å²) in [5.41, 5.74) is 0.609. The Hall–Kier alpha value is -1.09. The molecule has 1 aromatic carbocycles. The van der Waals surface area contributed by atoms with E-state index in [4.69, 9.17) is 4.74 Å². The highest BCUT2D eigenvalue weighted by molar-refractivity contribution is 5.37. The summed E-state index contributed by atoms with van der Waals surface area (Å²) in [7, 11) is 0. The monoisotopic (exact) mass is 225 g/mol. The molecule has 1 N–H and O–H groups in total. The van der Waals surface area contributed by atoms with E-state index in [-0.39, 0.29) is 18.0 Å². The zero-order valence-electron chi connectivity index (χ0n) is 10.4. The molecule has 0 bridgehead atoms. The molecule has 0 heterocycles. The zero-order chi connectivity index (χ0) is 12.1. The largest absolute Gasteiger partial charge is 0.491 e. The maximum atomic E-state index is 13.8. The quantitative estimate of drug-likeness (QED) is 0.830. The van der Waals surface area contributed by atoms with E-state index in [0.717, 1.165) is 6.54 Å². The van der Waals surface area contributed by atoms with Crippen LogP contribution in [-0.4, -0.2) is 12.6 Å². The molecule has 0 spiro atoms. The Balaban J connectivity index is 3.02. The molecule has 0 amide bonds. The van der Waals surface area contributed by atoms with Gasteiger partial charge in [-0.05, 0) is 39.4 Å². The minimum atomic E-state index is -0.216. The van der Waals surface area contributed by atoms with Gasteiger partial charge in [0.2, 0.25) is 0 Å². The number of halogens is 1. The molecule has 0 aromatic heterocycles. The second kappa shape index (κ2) is 5.85. The highest BCUT2D eigenvalue weighted by Gasteiger charge is 2.16. The van der Waals surface area contributed by atoms with Gasteiger partial charge in [-0.25, -0.2) is 4.39 Å². The highest BCUT2D eigenvalue weighted by atomic mass is 19.1. The Labute approximate surface area is 96.8 Å². The van der Waals surface area contributed by atoms with Gasteiger partial charge in [-0.2, -0.15) is 0 Å². The van der Waals surface area contributed by atoms with Crippen LogP contribution >= 0.6 is 0 Å². The minimum absolute atomic E-state index is 0.0417. The van der Waals surface area contributed by atoms with Gasteiger partial charge < -0.3 is 10.1 Å². The molecule has 1 aromatic rings. The van der Waals surface area contributed by atoms with Crippen LogP contribution in [0.3, 0.4) is 0 Å². The van der Waals surface area contributed by atoms with Crippen LogP contribution in [0.1, 0.15) is 39.3 Å². The second-order valence-electron chi connectivity index (χ2n) is 4.10. The topological polar surface area (TPSA) is 21.3 Å². The average Bonchev–Trinajstić information content (AvgIpc) is 2.16. The molecule has 0 fully saturated rings. The SMILES string of the molecule is CCNC(C)c1c(F)cccc1OC(C)C. The third-order valence-corrected chi connectivity index (χ3v) is 2.32. The van der Waals surface area contributed by atoms with E-state index < -0.39 is 0 Å². The summed E-state index contributed by atoms with van der Waals surface area (Å²) in [5.74, 6) is 0.412. The van der Waals surface area contributed by atoms with Gasteiger partial charge in [0, 0.05) is 11.6 Å². The number of nitrogens with one attached hydrogen (secondary N) is 1. The van der Waals surface area contributed by atoms with Gasteiger partial charge in [-0.3, -0.25) is 0 Å². The van der Waals surface area contributed by atoms with Crippen LogP contribution in [0.2, 0.25) is 0 Å². The van der Waals surface area contributed by atoms with Gasteiger partial charge >= 0.3 is 0 Å². The summed E-state index contributed by atoms with van der Waals surface area (Å²) >= 11 is 0. The van der Waals surface area contributed by atoms with Crippen molar-refractivity contribution in [3.63, 3.8) is 0 Å². The van der Waals surface area contributed by atoms with Crippen LogP contribution in [0, 0.1) is 5.82 Å². The van der Waals surface area contributed by atoms with E-state index in [1.54, 1.807) is 6.07 Å². The molecule has 0 saturated heterocycles. The van der Waals surface area contributed by atoms with E-state index >= 15 is 0 Å². The van der Waals surface area contributed by atoms with Gasteiger partial charge in [-0.1, -0.05) is 13.0 Å². The van der Waals surface area contributed by atoms with Crippen LogP contribution in [0.15, 0.2) is 18.2 Å². The first-order valence-corrected chi connectivity index (χ1v) is 5.74. The summed E-state index contributed by atoms with van der Waals surface area (Å²) in [6.45, 7) is 8.62. The summed E-state index contributed by atoms with van der Waals surface area (Å²) in [4.78, 5) is 0. The highest BCUT2D eigenvalue weighted by Crippen LogP contribution is 2.28. The van der Waals surface area contributed by atoms with Crippen LogP contribution in [0.25, 0.3) is 0 Å². The normalized spacial score (nSPS) is 12.9. The molecule has 90 valence electrons. The molecule has 0 aliphatic heterocycles. The Kier molecular flexibility index (Phi) is 4.74. The lowest BCUT2D eigenvalue weighted by atomic mass is 10.1. The van der Waals surface area contributed by atoms with Crippen molar-refractivity contribution in [1.82, 2.24) is 5.32 Å². The number of ether oxygens (including phenoxy) is 1. The molecule has 1 atom stereocenters. The standard InChI is InChI=1S/C13H20FNO/c1-5-15-10(4)13-11(14)7-6-8-12(13)16-9(2)3/h6-10,15H,5H2,1-4H3. The lowest BCUT2D eigenvalue weighted by Crippen LogP contribution is -2.20. The van der Waals surface area contributed by atoms with E-state index in [0.29, 0.717) is 11.3 Å². The number of hydrogen-bond donors (Lipinski definition) is 1. The van der Waals surface area contributed by atoms with Crippen molar-refractivity contribution in [2.24, 2.45) is 0 Å². The van der Waals surface area contributed by atoms with Crippen molar-refractivity contribution >= 4 is 0 Å². The lowest BCUT2D eigenvalue weighted by Gasteiger charge is -2.19. The van der Waals surface area contributed by atoms with Gasteiger partial charge in [0.1, 0.15) is 11.6 Å². The van der Waals surface area contributed by atoms with Crippen LogP contribution < -0.4 is 10.1 Å². The third kappa shape index (κ3) is 3.20. The van der Waals surface area contributed by atoms with Crippen molar-refractivity contribution in [1.29, 1.82) is 0 Å². The average molecular weight is 225 g/mol. The first-order valence-electron chi connectivity index (χ1n) is 5.74. The fourth-order valence-corrected chi connectivity index (χ4v) is 1.70. The fraction of sp³-hybridized carbons (Fsp3) is 0.538. The van der Waals surface area contributed by atoms with Crippen LogP contribution in [-0.2, 0) is 0 Å². The second-order valence-corrected chi connectivity index (χ2v) is 4.10. The molecular weight excluding hydrogens is 205 g/mol. The molecule has 1 unspecified atom stereocenters. The number of benzene rings is 1. The van der Waals surface area contributed by atoms with Crippen LogP contribution in [0.5, 0.6) is 5.75 Å². The van der Waals surface area contributed by atoms with E-state index in [1.165, 1.54) is 6.07 Å². The summed E-state index contributed by atoms with van der Waals surface area (Å²) in [5, 5.41) is 3.20. The molecule has 0 aliphatic rings. The predicted octanol–water partition coefficient (Wildman–Crippen LogP) is 3.28. The smallest absolute Gasteiger partial charge is 0.131 e. The van der Waals surface area contributed by atoms with Gasteiger partial charge in [0.05, 0.1) is 6.10 Å². The first-order chi connectivity index (χ1) is 7.56. The van der Waals surface area contributed by atoms with Crippen molar-refractivity contribution < 1.29 is 9.13 Å². The number of hydrogen-bond acceptors (Lipinski definition) is 2. The van der Waals surface area contributed by atoms with Gasteiger partial charge in [0.25, 0.3) is 0 Å². The maximum absolute atomic E-state index is 13.8. The van der Waals surface area contributed by atoms with E-state index in [9.17, 15) is 4.39 Å². The van der Waals surface area contributed by atoms with Gasteiger partial charge in [-0.15, -0.1) is 0 Å². The summed E-state index contributed by atoms with van der Waals surface area (Å²) in [6.07, 6.45) is 0.0503. The molecule has 0 aliphatic carbocycles. The Morgan fingerprint density at radius 3 is 2.56 bits per heavy atom. The fourth-order valence-electron chi connectivity index (χ4n) is 1.70. The Morgan fingerprint density at radius 1 is 1.31 bits per heavy atom. The minimum Gasteiger partial charge on any atom is -0.491 e. The maximum Gasteiger partial charge on any atom is 0.131 e. The van der Waals surface area contributed by atoms with Crippen molar-refractivity contribution in [2.75, 3.05) is 6.54 Å². The van der Waals surface area contributed by atoms with E-state index in [1.807, 2.05) is 33.8 Å². The van der Waals surface area contributed by atoms with Gasteiger partial charge in [0.15, 0.2) is 0 Å². The number of rotatable bonds is 5. The molecule has 2 nitrogen and oxygen atoms in total. The third-order valence-electron chi connectivity index (χ3n) is 2.32. The predicted molar refractivity (Wildman–Crippen MR) is 64.3 cm³/mol. The summed E-state index contributed by atoms with van der Waals surface area (Å²) < 4.78 is 19.4. The molecule has 16 heavy (non-hydrogen) atoms. The lowest BCUT2D eigenvalue weighted by molar-refractivity contribution is 0.236. The summed E-state index contributed by atoms with van der Waals surface area (Å²) in [6, 6.07) is 4.91. The molecule has 1 rings (SSSR count). The molecule has 3 heteroatoms. The first kappa shape index (κ1) is 13.0. The molecule has 0 saturated carbocycles. The molecule has 0 radical (unpaired) electrons. The van der Waals surface area contributed by atoms with Crippen molar-refractivity contribution in [3.8, 4) is 5.75 Å². The zero-order valence-corrected chi connectivity index (χ0v) is 10.4. The Bertz CT molecular complexity index is 339. The molecular formula is C13H20FNO. The van der Waals surface area contributed by atoms with E-state index in [2.05, 4.69) is 5.32 Å². The van der Waals surface area contributed by atoms with Crippen molar-refractivity contribution in [3.05, 3.63) is 29.6 Å². The van der Waals surface area contributed by atoms with Crippen molar-refractivity contribution in [2.45, 2.75) is 39.8 Å².